The van der Waals surface area contributed by atoms with Gasteiger partial charge >= 0.3 is 6.18 Å². The van der Waals surface area contributed by atoms with E-state index >= 15 is 0 Å². The maximum absolute atomic E-state index is 13.0. The molecule has 1 aromatic carbocycles. The molecular weight excluding hydrogens is 393 g/mol. The lowest BCUT2D eigenvalue weighted by molar-refractivity contribution is -0.137. The van der Waals surface area contributed by atoms with Crippen LogP contribution in [0.1, 0.15) is 56.7 Å². The molecule has 1 heterocycles. The number of hydrogen-bond acceptors (Lipinski definition) is 3. The van der Waals surface area contributed by atoms with Gasteiger partial charge in [-0.2, -0.15) is 13.2 Å². The molecule has 5 nitrogen and oxygen atoms in total. The average molecular weight is 420 g/mol. The lowest BCUT2D eigenvalue weighted by Gasteiger charge is -2.31. The smallest absolute Gasteiger partial charge is 0.349 e. The highest BCUT2D eigenvalue weighted by atomic mass is 32.2. The second-order valence-corrected chi connectivity index (χ2v) is 9.30. The number of sulfonamides is 1. The molecule has 1 atom stereocenters. The fourth-order valence-corrected chi connectivity index (χ4v) is 4.54. The Labute approximate surface area is 164 Å². The molecule has 9 heteroatoms. The van der Waals surface area contributed by atoms with E-state index in [1.54, 1.807) is 13.0 Å². The van der Waals surface area contributed by atoms with Crippen molar-refractivity contribution >= 4 is 15.9 Å². The first kappa shape index (κ1) is 22.7. The molecule has 1 aromatic rings. The Morgan fingerprint density at radius 3 is 2.43 bits per heavy atom. The Balaban J connectivity index is 2.06. The summed E-state index contributed by atoms with van der Waals surface area (Å²) in [6.07, 6.45) is -2.39. The molecule has 28 heavy (non-hydrogen) atoms. The molecule has 0 aliphatic carbocycles. The van der Waals surface area contributed by atoms with Gasteiger partial charge in [0, 0.05) is 19.0 Å². The van der Waals surface area contributed by atoms with Crippen LogP contribution in [0.5, 0.6) is 0 Å². The van der Waals surface area contributed by atoms with Crippen molar-refractivity contribution in [1.82, 2.24) is 9.62 Å². The molecule has 0 spiro atoms. The molecule has 158 valence electrons. The summed E-state index contributed by atoms with van der Waals surface area (Å²) in [5.41, 5.74) is -0.311. The summed E-state index contributed by atoms with van der Waals surface area (Å²) in [5, 5.41) is 2.88. The third kappa shape index (κ3) is 5.70. The van der Waals surface area contributed by atoms with E-state index in [9.17, 15) is 26.4 Å². The van der Waals surface area contributed by atoms with E-state index in [1.807, 2.05) is 6.92 Å². The molecule has 0 bridgehead atoms. The number of halogens is 3. The summed E-state index contributed by atoms with van der Waals surface area (Å²) in [6, 6.07) is 4.53. The summed E-state index contributed by atoms with van der Waals surface area (Å²) in [7, 11) is -3.27. The van der Waals surface area contributed by atoms with Crippen LogP contribution >= 0.6 is 0 Å². The summed E-state index contributed by atoms with van der Waals surface area (Å²) >= 11 is 0. The van der Waals surface area contributed by atoms with Crippen LogP contribution in [0.2, 0.25) is 0 Å². The maximum Gasteiger partial charge on any atom is 0.416 e. The summed E-state index contributed by atoms with van der Waals surface area (Å²) in [4.78, 5) is 12.7. The predicted octanol–water partition coefficient (Wildman–Crippen LogP) is 3.72. The number of rotatable bonds is 7. The van der Waals surface area contributed by atoms with Gasteiger partial charge in [0.1, 0.15) is 0 Å². The molecule has 1 fully saturated rings. The predicted molar refractivity (Wildman–Crippen MR) is 101 cm³/mol. The first-order chi connectivity index (χ1) is 13.1. The Morgan fingerprint density at radius 2 is 1.89 bits per heavy atom. The fraction of sp³-hybridized carbons (Fsp3) is 0.632. The largest absolute Gasteiger partial charge is 0.416 e. The van der Waals surface area contributed by atoms with E-state index < -0.39 is 27.8 Å². The topological polar surface area (TPSA) is 66.5 Å². The molecule has 1 saturated heterocycles. The van der Waals surface area contributed by atoms with E-state index in [2.05, 4.69) is 5.32 Å². The maximum atomic E-state index is 13.0. The first-order valence-electron chi connectivity index (χ1n) is 9.53. The lowest BCUT2D eigenvalue weighted by Crippen LogP contribution is -2.44. The van der Waals surface area contributed by atoms with Crippen LogP contribution in [0.4, 0.5) is 13.2 Å². The van der Waals surface area contributed by atoms with Crippen LogP contribution in [0, 0.1) is 5.92 Å². The Morgan fingerprint density at radius 1 is 1.25 bits per heavy atom. The zero-order valence-corrected chi connectivity index (χ0v) is 16.9. The second-order valence-electron chi connectivity index (χ2n) is 7.05. The highest BCUT2D eigenvalue weighted by Crippen LogP contribution is 2.32. The van der Waals surface area contributed by atoms with Gasteiger partial charge in [0.05, 0.1) is 17.4 Å². The highest BCUT2D eigenvalue weighted by molar-refractivity contribution is 7.89. The van der Waals surface area contributed by atoms with Crippen LogP contribution in [-0.4, -0.2) is 37.5 Å². The van der Waals surface area contributed by atoms with E-state index in [0.29, 0.717) is 31.2 Å². The normalized spacial score (nSPS) is 18.0. The molecule has 1 aliphatic rings. The van der Waals surface area contributed by atoms with Crippen molar-refractivity contribution in [3.63, 3.8) is 0 Å². The third-order valence-corrected chi connectivity index (χ3v) is 6.97. The van der Waals surface area contributed by atoms with Crippen LogP contribution < -0.4 is 5.32 Å². The van der Waals surface area contributed by atoms with Gasteiger partial charge in [0.2, 0.25) is 15.9 Å². The van der Waals surface area contributed by atoms with Crippen molar-refractivity contribution < 1.29 is 26.4 Å². The molecule has 0 radical (unpaired) electrons. The van der Waals surface area contributed by atoms with Gasteiger partial charge in [-0.15, -0.1) is 0 Å². The van der Waals surface area contributed by atoms with Crippen molar-refractivity contribution in [3.8, 4) is 0 Å². The summed E-state index contributed by atoms with van der Waals surface area (Å²) in [6.45, 7) is 4.06. The van der Waals surface area contributed by atoms with Gasteiger partial charge in [-0.1, -0.05) is 25.5 Å². The van der Waals surface area contributed by atoms with Gasteiger partial charge in [0.15, 0.2) is 0 Å². The van der Waals surface area contributed by atoms with Crippen LogP contribution in [0.3, 0.4) is 0 Å². The average Bonchev–Trinajstić information content (AvgIpc) is 2.67. The summed E-state index contributed by atoms with van der Waals surface area (Å²) in [5.74, 6) is -0.546. The second kappa shape index (κ2) is 9.26. The van der Waals surface area contributed by atoms with Gasteiger partial charge in [-0.25, -0.2) is 12.7 Å². The van der Waals surface area contributed by atoms with Crippen molar-refractivity contribution in [2.24, 2.45) is 5.92 Å². The molecule has 1 amide bonds. The quantitative estimate of drug-likeness (QED) is 0.731. The molecule has 1 N–H and O–H groups in total. The zero-order chi connectivity index (χ0) is 20.9. The van der Waals surface area contributed by atoms with Gasteiger partial charge < -0.3 is 5.32 Å². The first-order valence-corrected chi connectivity index (χ1v) is 11.1. The molecule has 0 aromatic heterocycles. The van der Waals surface area contributed by atoms with Crippen LogP contribution in [0.25, 0.3) is 0 Å². The van der Waals surface area contributed by atoms with Crippen molar-refractivity contribution in [2.75, 3.05) is 18.8 Å². The fourth-order valence-electron chi connectivity index (χ4n) is 3.41. The molecule has 1 unspecified atom stereocenters. The standard InChI is InChI=1S/C19H27F3N2O3S/c1-3-6-17(15-7-5-8-16(13-15)19(20,21)22)23-18(25)14-9-11-24(12-10-14)28(26,27)4-2/h5,7-8,13-14,17H,3-4,6,9-12H2,1-2H3,(H,23,25). The molecule has 1 aliphatic heterocycles. The lowest BCUT2D eigenvalue weighted by atomic mass is 9.95. The zero-order valence-electron chi connectivity index (χ0n) is 16.1. The van der Waals surface area contributed by atoms with E-state index in [4.69, 9.17) is 0 Å². The number of piperidine rings is 1. The molecule has 2 rings (SSSR count). The Kier molecular flexibility index (Phi) is 7.50. The third-order valence-electron chi connectivity index (χ3n) is 5.09. The Bertz CT molecular complexity index is 773. The number of nitrogens with one attached hydrogen (secondary N) is 1. The van der Waals surface area contributed by atoms with Crippen molar-refractivity contribution in [2.45, 2.75) is 51.7 Å². The molecular formula is C19H27F3N2O3S. The number of amides is 1. The highest BCUT2D eigenvalue weighted by Gasteiger charge is 2.33. The van der Waals surface area contributed by atoms with Crippen molar-refractivity contribution in [1.29, 1.82) is 0 Å². The molecule has 0 saturated carbocycles. The minimum atomic E-state index is -4.44. The number of hydrogen-bond donors (Lipinski definition) is 1. The number of alkyl halides is 3. The van der Waals surface area contributed by atoms with E-state index in [1.165, 1.54) is 10.4 Å². The number of nitrogens with zero attached hydrogens (tertiary/aromatic N) is 1. The number of carbonyl (C=O) groups is 1. The van der Waals surface area contributed by atoms with Crippen molar-refractivity contribution in [3.05, 3.63) is 35.4 Å². The van der Waals surface area contributed by atoms with E-state index in [0.717, 1.165) is 12.1 Å². The van der Waals surface area contributed by atoms with Gasteiger partial charge in [-0.3, -0.25) is 4.79 Å². The minimum absolute atomic E-state index is 0.0258. The minimum Gasteiger partial charge on any atom is -0.349 e. The van der Waals surface area contributed by atoms with E-state index in [-0.39, 0.29) is 30.7 Å². The van der Waals surface area contributed by atoms with Gasteiger partial charge in [-0.05, 0) is 43.9 Å². The monoisotopic (exact) mass is 420 g/mol. The summed E-state index contributed by atoms with van der Waals surface area (Å²) < 4.78 is 64.2. The SMILES string of the molecule is CCCC(NC(=O)C1CCN(S(=O)(=O)CC)CC1)c1cccc(C(F)(F)F)c1. The van der Waals surface area contributed by atoms with Crippen LogP contribution in [-0.2, 0) is 21.0 Å². The van der Waals surface area contributed by atoms with Crippen LogP contribution in [0.15, 0.2) is 24.3 Å². The number of carbonyl (C=O) groups excluding carboxylic acids is 1. The van der Waals surface area contributed by atoms with Gasteiger partial charge in [0.25, 0.3) is 0 Å². The Hall–Kier alpha value is -1.61. The number of benzene rings is 1.